The highest BCUT2D eigenvalue weighted by atomic mass is 19.4. The molecule has 1 aromatic rings. The van der Waals surface area contributed by atoms with Crippen molar-refractivity contribution in [2.24, 2.45) is 5.73 Å². The second-order valence-corrected chi connectivity index (χ2v) is 5.28. The van der Waals surface area contributed by atoms with Crippen LogP contribution >= 0.6 is 0 Å². The Bertz CT molecular complexity index is 594. The van der Waals surface area contributed by atoms with E-state index < -0.39 is 29.7 Å². The molecule has 1 amide bonds. The Kier molecular flexibility index (Phi) is 4.71. The first-order valence-electron chi connectivity index (χ1n) is 6.95. The molecule has 0 bridgehead atoms. The molecule has 2 N–H and O–H groups in total. The molecule has 1 fully saturated rings. The Morgan fingerprint density at radius 3 is 2.77 bits per heavy atom. The number of carbonyl (C=O) groups excluding carboxylic acids is 1. The van der Waals surface area contributed by atoms with Crippen LogP contribution < -0.4 is 5.73 Å². The topological polar surface area (TPSA) is 70.1 Å². The monoisotopic (exact) mass is 311 g/mol. The number of benzene rings is 1. The standard InChI is InChI=1S/C15H16F3N3O/c16-15(17,18)12-6-2-1-4-10(12)8-13(20)14(22)21-7-3-5-11(21)9-19/h1-2,4,6,11,13H,3,5,7-8,20H2/t11-,13-/m0/s1. The zero-order valence-electron chi connectivity index (χ0n) is 11.8. The van der Waals surface area contributed by atoms with Crippen LogP contribution in [0.25, 0.3) is 0 Å². The van der Waals surface area contributed by atoms with Crippen LogP contribution in [0.3, 0.4) is 0 Å². The van der Waals surface area contributed by atoms with Gasteiger partial charge < -0.3 is 10.6 Å². The van der Waals surface area contributed by atoms with Gasteiger partial charge in [0, 0.05) is 6.54 Å². The van der Waals surface area contributed by atoms with E-state index in [0.29, 0.717) is 19.4 Å². The Labute approximate surface area is 126 Å². The Hall–Kier alpha value is -2.07. The lowest BCUT2D eigenvalue weighted by molar-refractivity contribution is -0.139. The van der Waals surface area contributed by atoms with Gasteiger partial charge in [-0.25, -0.2) is 0 Å². The summed E-state index contributed by atoms with van der Waals surface area (Å²) in [5.41, 5.74) is 5.00. The molecule has 7 heteroatoms. The van der Waals surface area contributed by atoms with E-state index in [1.54, 1.807) is 0 Å². The number of nitrogens with two attached hydrogens (primary N) is 1. The third kappa shape index (κ3) is 3.39. The molecule has 118 valence electrons. The first-order chi connectivity index (χ1) is 10.3. The summed E-state index contributed by atoms with van der Waals surface area (Å²) >= 11 is 0. The van der Waals surface area contributed by atoms with Gasteiger partial charge in [0.25, 0.3) is 0 Å². The maximum absolute atomic E-state index is 12.9. The number of hydrogen-bond donors (Lipinski definition) is 1. The minimum Gasteiger partial charge on any atom is -0.325 e. The van der Waals surface area contributed by atoms with Gasteiger partial charge in [-0.05, 0) is 30.9 Å². The van der Waals surface area contributed by atoms with Crippen molar-refractivity contribution in [3.05, 3.63) is 35.4 Å². The van der Waals surface area contributed by atoms with Crippen LogP contribution in [0.15, 0.2) is 24.3 Å². The van der Waals surface area contributed by atoms with Crippen molar-refractivity contribution in [3.63, 3.8) is 0 Å². The molecule has 22 heavy (non-hydrogen) atoms. The molecular formula is C15H16F3N3O. The summed E-state index contributed by atoms with van der Waals surface area (Å²) in [6.07, 6.45) is -3.41. The molecule has 0 spiro atoms. The van der Waals surface area contributed by atoms with Gasteiger partial charge in [-0.3, -0.25) is 4.79 Å². The first kappa shape index (κ1) is 16.3. The fourth-order valence-corrected chi connectivity index (χ4v) is 2.68. The summed E-state index contributed by atoms with van der Waals surface area (Å²) in [4.78, 5) is 13.6. The molecule has 0 aromatic heterocycles. The van der Waals surface area contributed by atoms with Gasteiger partial charge in [0.2, 0.25) is 5.91 Å². The van der Waals surface area contributed by atoms with E-state index in [9.17, 15) is 18.0 Å². The first-order valence-corrected chi connectivity index (χ1v) is 6.95. The number of nitrogens with zero attached hydrogens (tertiary/aromatic N) is 2. The number of hydrogen-bond acceptors (Lipinski definition) is 3. The molecule has 1 aliphatic rings. The molecule has 2 rings (SSSR count). The highest BCUT2D eigenvalue weighted by Crippen LogP contribution is 2.32. The predicted octanol–water partition coefficient (Wildman–Crippen LogP) is 2.09. The van der Waals surface area contributed by atoms with E-state index in [4.69, 9.17) is 11.0 Å². The van der Waals surface area contributed by atoms with Gasteiger partial charge in [0.1, 0.15) is 6.04 Å². The van der Waals surface area contributed by atoms with Crippen molar-refractivity contribution in [2.75, 3.05) is 6.54 Å². The minimum atomic E-state index is -4.48. The normalized spacial score (nSPS) is 19.8. The molecular weight excluding hydrogens is 295 g/mol. The molecule has 1 saturated heterocycles. The minimum absolute atomic E-state index is 0.0106. The van der Waals surface area contributed by atoms with Crippen LogP contribution in [-0.4, -0.2) is 29.4 Å². The van der Waals surface area contributed by atoms with Crippen LogP contribution in [-0.2, 0) is 17.4 Å². The van der Waals surface area contributed by atoms with Crippen LogP contribution in [0.4, 0.5) is 13.2 Å². The summed E-state index contributed by atoms with van der Waals surface area (Å²) < 4.78 is 38.8. The fraction of sp³-hybridized carbons (Fsp3) is 0.467. The van der Waals surface area contributed by atoms with Crippen molar-refractivity contribution >= 4 is 5.91 Å². The second-order valence-electron chi connectivity index (χ2n) is 5.28. The predicted molar refractivity (Wildman–Crippen MR) is 73.5 cm³/mol. The average Bonchev–Trinajstić information content (AvgIpc) is 2.94. The summed E-state index contributed by atoms with van der Waals surface area (Å²) in [5.74, 6) is -0.471. The smallest absolute Gasteiger partial charge is 0.325 e. The lowest BCUT2D eigenvalue weighted by Crippen LogP contribution is -2.46. The molecule has 1 aromatic carbocycles. The molecule has 1 aliphatic heterocycles. The lowest BCUT2D eigenvalue weighted by atomic mass is 9.99. The second kappa shape index (κ2) is 6.36. The molecule has 0 saturated carbocycles. The van der Waals surface area contributed by atoms with Gasteiger partial charge in [0.05, 0.1) is 17.7 Å². The van der Waals surface area contributed by atoms with Crippen LogP contribution in [0.5, 0.6) is 0 Å². The largest absolute Gasteiger partial charge is 0.416 e. The highest BCUT2D eigenvalue weighted by Gasteiger charge is 2.35. The Morgan fingerprint density at radius 1 is 1.45 bits per heavy atom. The van der Waals surface area contributed by atoms with Crippen molar-refractivity contribution in [2.45, 2.75) is 37.5 Å². The lowest BCUT2D eigenvalue weighted by Gasteiger charge is -2.24. The SMILES string of the molecule is N#C[C@@H]1CCCN1C(=O)[C@@H](N)Cc1ccccc1C(F)(F)F. The van der Waals surface area contributed by atoms with Crippen molar-refractivity contribution in [3.8, 4) is 6.07 Å². The Balaban J connectivity index is 2.14. The zero-order valence-corrected chi connectivity index (χ0v) is 11.8. The maximum atomic E-state index is 12.9. The third-order valence-corrected chi connectivity index (χ3v) is 3.76. The van der Waals surface area contributed by atoms with Crippen molar-refractivity contribution in [1.29, 1.82) is 5.26 Å². The van der Waals surface area contributed by atoms with Gasteiger partial charge >= 0.3 is 6.18 Å². The van der Waals surface area contributed by atoms with Crippen molar-refractivity contribution in [1.82, 2.24) is 4.90 Å². The van der Waals surface area contributed by atoms with Gasteiger partial charge in [-0.1, -0.05) is 18.2 Å². The molecule has 2 atom stereocenters. The van der Waals surface area contributed by atoms with E-state index in [1.807, 2.05) is 6.07 Å². The summed E-state index contributed by atoms with van der Waals surface area (Å²) in [7, 11) is 0. The molecule has 0 aliphatic carbocycles. The number of likely N-dealkylation sites (tertiary alicyclic amines) is 1. The number of nitriles is 1. The zero-order chi connectivity index (χ0) is 16.3. The molecule has 1 heterocycles. The average molecular weight is 311 g/mol. The molecule has 4 nitrogen and oxygen atoms in total. The summed E-state index contributed by atoms with van der Waals surface area (Å²) in [6.45, 7) is 0.422. The summed E-state index contributed by atoms with van der Waals surface area (Å²) in [6, 6.07) is 5.48. The Morgan fingerprint density at radius 2 is 2.14 bits per heavy atom. The van der Waals surface area contributed by atoms with Gasteiger partial charge in [-0.2, -0.15) is 18.4 Å². The van der Waals surface area contributed by atoms with Crippen LogP contribution in [0, 0.1) is 11.3 Å². The van der Waals surface area contributed by atoms with E-state index in [0.717, 1.165) is 6.07 Å². The fourth-order valence-electron chi connectivity index (χ4n) is 2.68. The number of carbonyl (C=O) groups is 1. The van der Waals surface area contributed by atoms with Gasteiger partial charge in [0.15, 0.2) is 0 Å². The van der Waals surface area contributed by atoms with E-state index in [2.05, 4.69) is 0 Å². The maximum Gasteiger partial charge on any atom is 0.416 e. The molecule has 0 radical (unpaired) electrons. The third-order valence-electron chi connectivity index (χ3n) is 3.76. The summed E-state index contributed by atoms with van der Waals surface area (Å²) in [5, 5.41) is 8.97. The van der Waals surface area contributed by atoms with Crippen molar-refractivity contribution < 1.29 is 18.0 Å². The number of halogens is 3. The van der Waals surface area contributed by atoms with E-state index in [1.165, 1.54) is 23.1 Å². The highest BCUT2D eigenvalue weighted by molar-refractivity contribution is 5.83. The van der Waals surface area contributed by atoms with E-state index in [-0.39, 0.29) is 12.0 Å². The molecule has 0 unspecified atom stereocenters. The van der Waals surface area contributed by atoms with Gasteiger partial charge in [-0.15, -0.1) is 0 Å². The van der Waals surface area contributed by atoms with Crippen LogP contribution in [0.2, 0.25) is 0 Å². The number of rotatable bonds is 3. The number of amides is 1. The van der Waals surface area contributed by atoms with E-state index >= 15 is 0 Å². The number of alkyl halides is 3. The quantitative estimate of drug-likeness (QED) is 0.929. The van der Waals surface area contributed by atoms with Crippen LogP contribution in [0.1, 0.15) is 24.0 Å².